The fraction of sp³-hybridized carbons (Fsp3) is 1.00. The van der Waals surface area contributed by atoms with Crippen LogP contribution in [-0.2, 0) is 61.6 Å². The van der Waals surface area contributed by atoms with Crippen LogP contribution in [0, 0.1) is 5.92 Å². The molecular formula is C33H67NO13. The maximum absolute atomic E-state index is 6.24. The van der Waals surface area contributed by atoms with Gasteiger partial charge >= 0.3 is 0 Å². The van der Waals surface area contributed by atoms with Crippen LogP contribution >= 0.6 is 0 Å². The zero-order valence-corrected chi connectivity index (χ0v) is 29.7. The molecule has 0 aliphatic carbocycles. The lowest BCUT2D eigenvalue weighted by molar-refractivity contribution is -0.113. The van der Waals surface area contributed by atoms with Gasteiger partial charge in [0.05, 0.1) is 164 Å². The van der Waals surface area contributed by atoms with Crippen LogP contribution in [0.15, 0.2) is 0 Å². The standard InChI is InChI=1S/C33H67NO13/c1-32(2)33(4-6-34-7-5-33)47-31-30-46-29-28-45-27-26-44-25-24-43-23-22-42-21-20-41-19-18-40-17-16-39-15-14-38-13-12-37-11-10-36-9-8-35-3/h32,34H,4-31H2,1-3H3. The van der Waals surface area contributed by atoms with Crippen molar-refractivity contribution >= 4 is 0 Å². The first-order valence-electron chi connectivity index (χ1n) is 17.4. The molecule has 1 rings (SSSR count). The summed E-state index contributed by atoms with van der Waals surface area (Å²) < 4.78 is 71.5. The second-order valence-corrected chi connectivity index (χ2v) is 11.0. The molecule has 1 fully saturated rings. The van der Waals surface area contributed by atoms with Gasteiger partial charge in [0.2, 0.25) is 0 Å². The summed E-state index contributed by atoms with van der Waals surface area (Å²) in [5.41, 5.74) is -0.0154. The third kappa shape index (κ3) is 28.9. The number of nitrogens with one attached hydrogen (secondary N) is 1. The molecule has 282 valence electrons. The van der Waals surface area contributed by atoms with E-state index >= 15 is 0 Å². The monoisotopic (exact) mass is 685 g/mol. The van der Waals surface area contributed by atoms with Crippen molar-refractivity contribution in [2.75, 3.05) is 179 Å². The zero-order chi connectivity index (χ0) is 33.8. The molecule has 14 nitrogen and oxygen atoms in total. The number of methoxy groups -OCH3 is 1. The predicted molar refractivity (Wildman–Crippen MR) is 177 cm³/mol. The summed E-state index contributed by atoms with van der Waals surface area (Å²) in [5, 5.41) is 3.41. The minimum absolute atomic E-state index is 0.0154. The van der Waals surface area contributed by atoms with Crippen LogP contribution < -0.4 is 5.32 Å². The molecule has 1 aliphatic rings. The molecule has 0 radical (unpaired) electrons. The van der Waals surface area contributed by atoms with E-state index in [1.54, 1.807) is 7.11 Å². The molecule has 0 aromatic carbocycles. The fourth-order valence-corrected chi connectivity index (χ4v) is 4.49. The molecule has 14 heteroatoms. The summed E-state index contributed by atoms with van der Waals surface area (Å²) in [6, 6.07) is 0. The van der Waals surface area contributed by atoms with Crippen molar-refractivity contribution in [2.45, 2.75) is 32.3 Å². The molecule has 1 heterocycles. The van der Waals surface area contributed by atoms with Crippen LogP contribution in [-0.4, -0.2) is 184 Å². The first kappa shape index (κ1) is 44.5. The van der Waals surface area contributed by atoms with Gasteiger partial charge in [-0.1, -0.05) is 13.8 Å². The van der Waals surface area contributed by atoms with Gasteiger partial charge in [-0.25, -0.2) is 0 Å². The van der Waals surface area contributed by atoms with Gasteiger partial charge in [0.15, 0.2) is 0 Å². The Morgan fingerprint density at radius 3 is 0.851 bits per heavy atom. The smallest absolute Gasteiger partial charge is 0.0730 e. The Hall–Kier alpha value is -0.560. The van der Waals surface area contributed by atoms with Gasteiger partial charge in [0.25, 0.3) is 0 Å². The van der Waals surface area contributed by atoms with E-state index in [2.05, 4.69) is 19.2 Å². The summed E-state index contributed by atoms with van der Waals surface area (Å²) in [6.45, 7) is 19.5. The van der Waals surface area contributed by atoms with Crippen molar-refractivity contribution in [1.29, 1.82) is 0 Å². The minimum atomic E-state index is -0.0154. The Morgan fingerprint density at radius 2 is 0.617 bits per heavy atom. The first-order chi connectivity index (χ1) is 23.2. The van der Waals surface area contributed by atoms with E-state index in [0.717, 1.165) is 25.9 Å². The first-order valence-corrected chi connectivity index (χ1v) is 17.4. The quantitative estimate of drug-likeness (QED) is 0.0945. The average Bonchev–Trinajstić information content (AvgIpc) is 3.08. The van der Waals surface area contributed by atoms with E-state index < -0.39 is 0 Å². The van der Waals surface area contributed by atoms with Gasteiger partial charge in [0, 0.05) is 7.11 Å². The lowest BCUT2D eigenvalue weighted by Crippen LogP contribution is -2.48. The molecule has 1 saturated heterocycles. The van der Waals surface area contributed by atoms with Crippen molar-refractivity contribution in [3.63, 3.8) is 0 Å². The summed E-state index contributed by atoms with van der Waals surface area (Å²) in [7, 11) is 1.65. The molecule has 0 amide bonds. The van der Waals surface area contributed by atoms with Crippen LogP contribution in [0.3, 0.4) is 0 Å². The van der Waals surface area contributed by atoms with Gasteiger partial charge in [0.1, 0.15) is 0 Å². The molecule has 1 N–H and O–H groups in total. The Balaban J connectivity index is 1.65. The summed E-state index contributed by atoms with van der Waals surface area (Å²) in [4.78, 5) is 0. The Morgan fingerprint density at radius 1 is 0.383 bits per heavy atom. The molecule has 0 atom stereocenters. The number of hydrogen-bond donors (Lipinski definition) is 1. The van der Waals surface area contributed by atoms with Crippen LogP contribution in [0.1, 0.15) is 26.7 Å². The highest BCUT2D eigenvalue weighted by atomic mass is 16.6. The summed E-state index contributed by atoms with van der Waals surface area (Å²) in [6.07, 6.45) is 2.12. The molecule has 47 heavy (non-hydrogen) atoms. The lowest BCUT2D eigenvalue weighted by atomic mass is 9.82. The minimum Gasteiger partial charge on any atom is -0.382 e. The van der Waals surface area contributed by atoms with Gasteiger partial charge in [-0.2, -0.15) is 0 Å². The van der Waals surface area contributed by atoms with Crippen molar-refractivity contribution in [3.05, 3.63) is 0 Å². The second kappa shape index (κ2) is 35.3. The van der Waals surface area contributed by atoms with E-state index in [4.69, 9.17) is 61.6 Å². The molecule has 0 aromatic rings. The topological polar surface area (TPSA) is 132 Å². The van der Waals surface area contributed by atoms with Crippen LogP contribution in [0.4, 0.5) is 0 Å². The highest BCUT2D eigenvalue weighted by molar-refractivity contribution is 4.89. The van der Waals surface area contributed by atoms with Crippen LogP contribution in [0.25, 0.3) is 0 Å². The molecule has 0 unspecified atom stereocenters. The zero-order valence-electron chi connectivity index (χ0n) is 29.7. The Kier molecular flexibility index (Phi) is 33.4. The van der Waals surface area contributed by atoms with E-state index in [0.29, 0.717) is 164 Å². The molecule has 1 aliphatic heterocycles. The highest BCUT2D eigenvalue weighted by Gasteiger charge is 2.35. The van der Waals surface area contributed by atoms with Gasteiger partial charge in [-0.05, 0) is 31.8 Å². The highest BCUT2D eigenvalue weighted by Crippen LogP contribution is 2.31. The maximum Gasteiger partial charge on any atom is 0.0730 e. The number of rotatable bonds is 38. The van der Waals surface area contributed by atoms with E-state index in [9.17, 15) is 0 Å². The second-order valence-electron chi connectivity index (χ2n) is 11.0. The Labute approximate surface area is 283 Å². The Bertz CT molecular complexity index is 615. The summed E-state index contributed by atoms with van der Waals surface area (Å²) in [5.74, 6) is 0.505. The van der Waals surface area contributed by atoms with Gasteiger partial charge < -0.3 is 66.9 Å². The molecule has 0 aromatic heterocycles. The average molecular weight is 686 g/mol. The van der Waals surface area contributed by atoms with Crippen molar-refractivity contribution < 1.29 is 61.6 Å². The SMILES string of the molecule is COCCOCCOCCOCCOCCOCCOCCOCCOCCOCCOCCOCCOC1(C(C)C)CCNCC1. The number of hydrogen-bond acceptors (Lipinski definition) is 14. The number of ether oxygens (including phenoxy) is 13. The maximum atomic E-state index is 6.24. The largest absolute Gasteiger partial charge is 0.382 e. The van der Waals surface area contributed by atoms with Crippen LogP contribution in [0.2, 0.25) is 0 Å². The predicted octanol–water partition coefficient (Wildman–Crippen LogP) is 1.61. The number of piperidine rings is 1. The van der Waals surface area contributed by atoms with E-state index in [1.165, 1.54) is 0 Å². The molecule has 0 spiro atoms. The van der Waals surface area contributed by atoms with Crippen molar-refractivity contribution in [1.82, 2.24) is 5.32 Å². The third-order valence-electron chi connectivity index (χ3n) is 7.27. The fourth-order valence-electron chi connectivity index (χ4n) is 4.49. The van der Waals surface area contributed by atoms with Gasteiger partial charge in [-0.15, -0.1) is 0 Å². The van der Waals surface area contributed by atoms with Crippen molar-refractivity contribution in [2.24, 2.45) is 5.92 Å². The normalized spacial score (nSPS) is 14.8. The van der Waals surface area contributed by atoms with E-state index in [1.807, 2.05) is 0 Å². The van der Waals surface area contributed by atoms with Crippen LogP contribution in [0.5, 0.6) is 0 Å². The summed E-state index contributed by atoms with van der Waals surface area (Å²) >= 11 is 0. The molecular weight excluding hydrogens is 618 g/mol. The lowest BCUT2D eigenvalue weighted by Gasteiger charge is -2.41. The molecule has 0 bridgehead atoms. The molecule has 0 saturated carbocycles. The third-order valence-corrected chi connectivity index (χ3v) is 7.27. The van der Waals surface area contributed by atoms with Gasteiger partial charge in [-0.3, -0.25) is 0 Å². The van der Waals surface area contributed by atoms with Crippen molar-refractivity contribution in [3.8, 4) is 0 Å². The van der Waals surface area contributed by atoms with E-state index in [-0.39, 0.29) is 5.60 Å².